The SMILES string of the molecule is CC(C)/C=C/c1ccc(CNCC(C)C)cc1. The quantitative estimate of drug-likeness (QED) is 0.777. The largest absolute Gasteiger partial charge is 0.312 e. The number of hydrogen-bond donors (Lipinski definition) is 1. The fourth-order valence-corrected chi connectivity index (χ4v) is 1.56. The number of rotatable bonds is 6. The average Bonchev–Trinajstić information content (AvgIpc) is 2.27. The zero-order valence-corrected chi connectivity index (χ0v) is 11.5. The van der Waals surface area contributed by atoms with Crippen molar-refractivity contribution in [1.29, 1.82) is 0 Å². The van der Waals surface area contributed by atoms with E-state index in [4.69, 9.17) is 0 Å². The molecule has 94 valence electrons. The highest BCUT2D eigenvalue weighted by atomic mass is 14.8. The predicted octanol–water partition coefficient (Wildman–Crippen LogP) is 4.10. The molecule has 0 heterocycles. The lowest BCUT2D eigenvalue weighted by molar-refractivity contribution is 0.552. The smallest absolute Gasteiger partial charge is 0.0205 e. The molecule has 0 atom stereocenters. The van der Waals surface area contributed by atoms with E-state index in [2.05, 4.69) is 69.4 Å². The molecule has 0 aliphatic rings. The monoisotopic (exact) mass is 231 g/mol. The first-order chi connectivity index (χ1) is 8.08. The van der Waals surface area contributed by atoms with Gasteiger partial charge < -0.3 is 5.32 Å². The van der Waals surface area contributed by atoms with Crippen molar-refractivity contribution in [3.8, 4) is 0 Å². The minimum absolute atomic E-state index is 0.613. The second-order valence-electron chi connectivity index (χ2n) is 5.37. The van der Waals surface area contributed by atoms with Crippen LogP contribution in [-0.2, 0) is 6.54 Å². The second kappa shape index (κ2) is 7.29. The molecule has 1 nitrogen and oxygen atoms in total. The molecule has 0 saturated carbocycles. The van der Waals surface area contributed by atoms with E-state index in [9.17, 15) is 0 Å². The number of hydrogen-bond acceptors (Lipinski definition) is 1. The summed E-state index contributed by atoms with van der Waals surface area (Å²) in [5, 5.41) is 3.45. The standard InChI is InChI=1S/C16H25N/c1-13(2)5-6-15-7-9-16(10-8-15)12-17-11-14(3)4/h5-10,13-14,17H,11-12H2,1-4H3/b6-5+. The highest BCUT2D eigenvalue weighted by Crippen LogP contribution is 2.08. The highest BCUT2D eigenvalue weighted by Gasteiger charge is 1.95. The van der Waals surface area contributed by atoms with E-state index in [1.165, 1.54) is 11.1 Å². The van der Waals surface area contributed by atoms with Gasteiger partial charge in [0.05, 0.1) is 0 Å². The van der Waals surface area contributed by atoms with Crippen LogP contribution in [0.4, 0.5) is 0 Å². The maximum Gasteiger partial charge on any atom is 0.0205 e. The first kappa shape index (κ1) is 14.0. The molecule has 1 heteroatoms. The zero-order valence-electron chi connectivity index (χ0n) is 11.5. The molecule has 0 aromatic heterocycles. The van der Waals surface area contributed by atoms with Gasteiger partial charge in [-0.25, -0.2) is 0 Å². The summed E-state index contributed by atoms with van der Waals surface area (Å²) in [4.78, 5) is 0. The molecule has 0 amide bonds. The van der Waals surface area contributed by atoms with Gasteiger partial charge in [-0.05, 0) is 29.5 Å². The molecule has 0 fully saturated rings. The Balaban J connectivity index is 2.45. The van der Waals surface area contributed by atoms with E-state index < -0.39 is 0 Å². The van der Waals surface area contributed by atoms with Crippen molar-refractivity contribution >= 4 is 6.08 Å². The normalized spacial score (nSPS) is 11.9. The van der Waals surface area contributed by atoms with E-state index in [0.29, 0.717) is 11.8 Å². The fraction of sp³-hybridized carbons (Fsp3) is 0.500. The summed E-state index contributed by atoms with van der Waals surface area (Å²) < 4.78 is 0. The first-order valence-corrected chi connectivity index (χ1v) is 6.56. The second-order valence-corrected chi connectivity index (χ2v) is 5.37. The van der Waals surface area contributed by atoms with Crippen LogP contribution in [0.2, 0.25) is 0 Å². The van der Waals surface area contributed by atoms with E-state index in [-0.39, 0.29) is 0 Å². The summed E-state index contributed by atoms with van der Waals surface area (Å²) >= 11 is 0. The minimum atomic E-state index is 0.613. The Morgan fingerprint density at radius 2 is 1.71 bits per heavy atom. The van der Waals surface area contributed by atoms with Crippen molar-refractivity contribution in [1.82, 2.24) is 5.32 Å². The van der Waals surface area contributed by atoms with Gasteiger partial charge in [0.2, 0.25) is 0 Å². The van der Waals surface area contributed by atoms with Gasteiger partial charge in [0.25, 0.3) is 0 Å². The van der Waals surface area contributed by atoms with E-state index in [1.54, 1.807) is 0 Å². The van der Waals surface area contributed by atoms with Gasteiger partial charge in [0, 0.05) is 6.54 Å². The molecule has 0 bridgehead atoms. The molecule has 1 aromatic rings. The topological polar surface area (TPSA) is 12.0 Å². The average molecular weight is 231 g/mol. The van der Waals surface area contributed by atoms with Crippen molar-refractivity contribution in [2.75, 3.05) is 6.54 Å². The van der Waals surface area contributed by atoms with Gasteiger partial charge in [-0.15, -0.1) is 0 Å². The molecular weight excluding hydrogens is 206 g/mol. The molecule has 1 N–H and O–H groups in total. The molecule has 17 heavy (non-hydrogen) atoms. The summed E-state index contributed by atoms with van der Waals surface area (Å²) in [5.41, 5.74) is 2.64. The van der Waals surface area contributed by atoms with Crippen LogP contribution in [0.5, 0.6) is 0 Å². The van der Waals surface area contributed by atoms with Crippen molar-refractivity contribution in [3.05, 3.63) is 41.5 Å². The first-order valence-electron chi connectivity index (χ1n) is 6.56. The Hall–Kier alpha value is -1.08. The van der Waals surface area contributed by atoms with E-state index >= 15 is 0 Å². The van der Waals surface area contributed by atoms with Crippen LogP contribution >= 0.6 is 0 Å². The van der Waals surface area contributed by atoms with Gasteiger partial charge >= 0.3 is 0 Å². The Morgan fingerprint density at radius 3 is 2.24 bits per heavy atom. The summed E-state index contributed by atoms with van der Waals surface area (Å²) in [5.74, 6) is 1.32. The summed E-state index contributed by atoms with van der Waals surface area (Å²) in [6.07, 6.45) is 4.42. The van der Waals surface area contributed by atoms with Crippen molar-refractivity contribution < 1.29 is 0 Å². The van der Waals surface area contributed by atoms with Gasteiger partial charge in [0.15, 0.2) is 0 Å². The summed E-state index contributed by atoms with van der Waals surface area (Å²) in [7, 11) is 0. The van der Waals surface area contributed by atoms with Crippen LogP contribution in [0.15, 0.2) is 30.3 Å². The Morgan fingerprint density at radius 1 is 1.06 bits per heavy atom. The lowest BCUT2D eigenvalue weighted by Gasteiger charge is -2.07. The molecule has 0 unspecified atom stereocenters. The molecule has 1 rings (SSSR count). The third-order valence-corrected chi connectivity index (χ3v) is 2.54. The third kappa shape index (κ3) is 6.28. The number of benzene rings is 1. The number of nitrogens with one attached hydrogen (secondary N) is 1. The predicted molar refractivity (Wildman–Crippen MR) is 76.9 cm³/mol. The Labute approximate surface area is 106 Å². The van der Waals surface area contributed by atoms with E-state index in [1.807, 2.05) is 0 Å². The highest BCUT2D eigenvalue weighted by molar-refractivity contribution is 5.49. The van der Waals surface area contributed by atoms with Crippen LogP contribution in [0.1, 0.15) is 38.8 Å². The summed E-state index contributed by atoms with van der Waals surface area (Å²) in [6, 6.07) is 8.77. The van der Waals surface area contributed by atoms with Crippen molar-refractivity contribution in [2.45, 2.75) is 34.2 Å². The van der Waals surface area contributed by atoms with Crippen LogP contribution in [0.25, 0.3) is 6.08 Å². The lowest BCUT2D eigenvalue weighted by atomic mass is 10.1. The summed E-state index contributed by atoms with van der Waals surface area (Å²) in [6.45, 7) is 10.9. The molecule has 0 spiro atoms. The Kier molecular flexibility index (Phi) is 5.99. The van der Waals surface area contributed by atoms with Crippen molar-refractivity contribution in [3.63, 3.8) is 0 Å². The maximum atomic E-state index is 3.45. The third-order valence-electron chi connectivity index (χ3n) is 2.54. The van der Waals surface area contributed by atoms with Crippen molar-refractivity contribution in [2.24, 2.45) is 11.8 Å². The zero-order chi connectivity index (χ0) is 12.7. The Bertz CT molecular complexity index is 333. The molecule has 0 saturated heterocycles. The lowest BCUT2D eigenvalue weighted by Crippen LogP contribution is -2.18. The van der Waals surface area contributed by atoms with Gasteiger partial charge in [-0.2, -0.15) is 0 Å². The maximum absolute atomic E-state index is 3.45. The van der Waals surface area contributed by atoms with Crippen LogP contribution in [-0.4, -0.2) is 6.54 Å². The molecule has 0 aliphatic heterocycles. The van der Waals surface area contributed by atoms with Crippen LogP contribution in [0, 0.1) is 11.8 Å². The molecule has 1 aromatic carbocycles. The van der Waals surface area contributed by atoms with E-state index in [0.717, 1.165) is 13.1 Å². The van der Waals surface area contributed by atoms with Crippen LogP contribution in [0.3, 0.4) is 0 Å². The molecular formula is C16H25N. The van der Waals surface area contributed by atoms with Crippen LogP contribution < -0.4 is 5.32 Å². The van der Waals surface area contributed by atoms with Gasteiger partial charge in [-0.1, -0.05) is 64.1 Å². The molecule has 0 radical (unpaired) electrons. The number of allylic oxidation sites excluding steroid dienone is 1. The van der Waals surface area contributed by atoms with Gasteiger partial charge in [-0.3, -0.25) is 0 Å². The van der Waals surface area contributed by atoms with Gasteiger partial charge in [0.1, 0.15) is 0 Å². The fourth-order valence-electron chi connectivity index (χ4n) is 1.56. The molecule has 0 aliphatic carbocycles. The minimum Gasteiger partial charge on any atom is -0.312 e.